The molecule has 0 bridgehead atoms. The molecule has 1 atom stereocenters. The number of sulfone groups is 1. The molecule has 1 aromatic rings. The van der Waals surface area contributed by atoms with Crippen LogP contribution in [0, 0.1) is 19.8 Å². The van der Waals surface area contributed by atoms with Crippen molar-refractivity contribution in [2.75, 3.05) is 36.8 Å². The Morgan fingerprint density at radius 1 is 1.25 bits per heavy atom. The van der Waals surface area contributed by atoms with Gasteiger partial charge >= 0.3 is 0 Å². The number of nitrogens with zero attached hydrogens (tertiary/aromatic N) is 4. The second-order valence-corrected chi connectivity index (χ2v) is 8.34. The predicted molar refractivity (Wildman–Crippen MR) is 91.3 cm³/mol. The first-order valence-corrected chi connectivity index (χ1v) is 9.79. The van der Waals surface area contributed by atoms with E-state index in [0.717, 1.165) is 17.2 Å². The van der Waals surface area contributed by atoms with Gasteiger partial charge in [0.1, 0.15) is 5.82 Å². The lowest BCUT2D eigenvalue weighted by atomic mass is 10.1. The Morgan fingerprint density at radius 3 is 2.58 bits per heavy atom. The summed E-state index contributed by atoms with van der Waals surface area (Å²) in [5.41, 5.74) is 1.77. The van der Waals surface area contributed by atoms with Gasteiger partial charge in [-0.1, -0.05) is 6.08 Å². The molecule has 7 nitrogen and oxygen atoms in total. The number of carbonyl (C=O) groups is 1. The smallest absolute Gasteiger partial charge is 0.223 e. The fourth-order valence-electron chi connectivity index (χ4n) is 3.11. The third kappa shape index (κ3) is 3.75. The number of hydrogen-bond donors (Lipinski definition) is 0. The number of piperazine rings is 1. The fourth-order valence-corrected chi connectivity index (χ4v) is 4.51. The molecule has 2 aliphatic rings. The summed E-state index contributed by atoms with van der Waals surface area (Å²) >= 11 is 0. The zero-order valence-corrected chi connectivity index (χ0v) is 14.8. The highest BCUT2D eigenvalue weighted by molar-refractivity contribution is 7.94. The summed E-state index contributed by atoms with van der Waals surface area (Å²) in [5.74, 6) is 0.766. The van der Waals surface area contributed by atoms with Crippen molar-refractivity contribution in [2.45, 2.75) is 20.3 Å². The van der Waals surface area contributed by atoms with E-state index < -0.39 is 9.84 Å². The van der Waals surface area contributed by atoms with Crippen molar-refractivity contribution < 1.29 is 13.2 Å². The number of aromatic nitrogens is 2. The summed E-state index contributed by atoms with van der Waals surface area (Å²) < 4.78 is 22.9. The van der Waals surface area contributed by atoms with E-state index in [2.05, 4.69) is 14.9 Å². The van der Waals surface area contributed by atoms with Crippen LogP contribution >= 0.6 is 0 Å². The van der Waals surface area contributed by atoms with Crippen molar-refractivity contribution in [3.8, 4) is 0 Å². The molecule has 130 valence electrons. The second-order valence-electron chi connectivity index (χ2n) is 6.41. The lowest BCUT2D eigenvalue weighted by Gasteiger charge is -2.36. The van der Waals surface area contributed by atoms with E-state index in [-0.39, 0.29) is 24.0 Å². The van der Waals surface area contributed by atoms with E-state index in [1.54, 1.807) is 12.3 Å². The van der Waals surface area contributed by atoms with Gasteiger partial charge in [0.15, 0.2) is 9.84 Å². The van der Waals surface area contributed by atoms with Crippen LogP contribution in [0.15, 0.2) is 17.7 Å². The van der Waals surface area contributed by atoms with Gasteiger partial charge in [-0.05, 0) is 13.8 Å². The fraction of sp³-hybridized carbons (Fsp3) is 0.562. The van der Waals surface area contributed by atoms with Crippen molar-refractivity contribution in [3.05, 3.63) is 29.1 Å². The molecule has 0 spiro atoms. The molecule has 1 aromatic heterocycles. The summed E-state index contributed by atoms with van der Waals surface area (Å²) in [6, 6.07) is 0. The first kappa shape index (κ1) is 16.9. The first-order valence-electron chi connectivity index (χ1n) is 8.08. The monoisotopic (exact) mass is 350 g/mol. The van der Waals surface area contributed by atoms with Crippen LogP contribution < -0.4 is 4.90 Å². The highest BCUT2D eigenvalue weighted by Crippen LogP contribution is 2.21. The standard InChI is InChI=1S/C16H22N4O3S/c1-12-10-17-13(2)16(18-12)20-6-4-19(5-7-20)15(21)9-14-3-8-24(22,23)11-14/h3,8,10,14H,4-7,9,11H2,1-2H3. The lowest BCUT2D eigenvalue weighted by Crippen LogP contribution is -2.49. The van der Waals surface area contributed by atoms with Gasteiger partial charge in [0.25, 0.3) is 0 Å². The normalized spacial score (nSPS) is 22.8. The zero-order valence-electron chi connectivity index (χ0n) is 14.0. The summed E-state index contributed by atoms with van der Waals surface area (Å²) in [6.45, 7) is 6.52. The minimum atomic E-state index is -3.10. The molecule has 1 amide bonds. The van der Waals surface area contributed by atoms with Gasteiger partial charge in [0.2, 0.25) is 5.91 Å². The van der Waals surface area contributed by atoms with E-state index >= 15 is 0 Å². The van der Waals surface area contributed by atoms with E-state index in [1.807, 2.05) is 18.7 Å². The summed E-state index contributed by atoms with van der Waals surface area (Å²) in [6.07, 6.45) is 3.65. The number of allylic oxidation sites excluding steroid dienone is 1. The maximum Gasteiger partial charge on any atom is 0.223 e. The van der Waals surface area contributed by atoms with Crippen LogP contribution in [0.4, 0.5) is 5.82 Å². The summed E-state index contributed by atoms with van der Waals surface area (Å²) in [7, 11) is -3.10. The van der Waals surface area contributed by atoms with Gasteiger partial charge < -0.3 is 9.80 Å². The van der Waals surface area contributed by atoms with Crippen LogP contribution in [0.2, 0.25) is 0 Å². The molecule has 0 N–H and O–H groups in total. The largest absolute Gasteiger partial charge is 0.352 e. The third-order valence-electron chi connectivity index (χ3n) is 4.42. The van der Waals surface area contributed by atoms with Crippen LogP contribution in [-0.4, -0.2) is 61.1 Å². The van der Waals surface area contributed by atoms with E-state index in [4.69, 9.17) is 0 Å². The Kier molecular flexibility index (Phi) is 4.58. The maximum atomic E-state index is 12.4. The highest BCUT2D eigenvalue weighted by atomic mass is 32.2. The van der Waals surface area contributed by atoms with Crippen LogP contribution in [0.1, 0.15) is 17.8 Å². The van der Waals surface area contributed by atoms with Gasteiger partial charge in [-0.15, -0.1) is 0 Å². The second kappa shape index (κ2) is 6.51. The molecule has 8 heteroatoms. The maximum absolute atomic E-state index is 12.4. The lowest BCUT2D eigenvalue weighted by molar-refractivity contribution is -0.132. The average Bonchev–Trinajstić information content (AvgIpc) is 2.88. The van der Waals surface area contributed by atoms with Crippen molar-refractivity contribution in [2.24, 2.45) is 5.92 Å². The zero-order chi connectivity index (χ0) is 17.3. The molecule has 0 aliphatic carbocycles. The molecule has 24 heavy (non-hydrogen) atoms. The van der Waals surface area contributed by atoms with Crippen molar-refractivity contribution in [1.82, 2.24) is 14.9 Å². The van der Waals surface area contributed by atoms with Crippen molar-refractivity contribution >= 4 is 21.6 Å². The summed E-state index contributed by atoms with van der Waals surface area (Å²) in [4.78, 5) is 25.2. The molecule has 1 unspecified atom stereocenters. The molecule has 1 fully saturated rings. The molecular formula is C16H22N4O3S. The number of carbonyl (C=O) groups excluding carboxylic acids is 1. The Bertz CT molecular complexity index is 768. The third-order valence-corrected chi connectivity index (χ3v) is 5.89. The van der Waals surface area contributed by atoms with E-state index in [0.29, 0.717) is 26.2 Å². The Balaban J connectivity index is 1.56. The molecule has 3 heterocycles. The summed E-state index contributed by atoms with van der Waals surface area (Å²) in [5, 5.41) is 1.22. The van der Waals surface area contributed by atoms with E-state index in [1.165, 1.54) is 5.41 Å². The minimum absolute atomic E-state index is 0.0217. The minimum Gasteiger partial charge on any atom is -0.352 e. The number of anilines is 1. The molecular weight excluding hydrogens is 328 g/mol. The Labute approximate surface area is 142 Å². The molecule has 0 radical (unpaired) electrons. The molecule has 0 aromatic carbocycles. The quantitative estimate of drug-likeness (QED) is 0.798. The van der Waals surface area contributed by atoms with Gasteiger partial charge in [0.05, 0.1) is 17.1 Å². The number of rotatable bonds is 3. The average molecular weight is 350 g/mol. The van der Waals surface area contributed by atoms with Crippen molar-refractivity contribution in [1.29, 1.82) is 0 Å². The van der Waals surface area contributed by atoms with Crippen LogP contribution in [0.25, 0.3) is 0 Å². The first-order chi connectivity index (χ1) is 11.3. The Hall–Kier alpha value is -1.96. The number of amides is 1. The molecule has 0 saturated carbocycles. The van der Waals surface area contributed by atoms with Gasteiger partial charge in [-0.25, -0.2) is 13.4 Å². The van der Waals surface area contributed by atoms with E-state index in [9.17, 15) is 13.2 Å². The van der Waals surface area contributed by atoms with Gasteiger partial charge in [0, 0.05) is 50.1 Å². The van der Waals surface area contributed by atoms with Crippen LogP contribution in [-0.2, 0) is 14.6 Å². The van der Waals surface area contributed by atoms with Crippen LogP contribution in [0.5, 0.6) is 0 Å². The van der Waals surface area contributed by atoms with Crippen LogP contribution in [0.3, 0.4) is 0 Å². The molecule has 1 saturated heterocycles. The van der Waals surface area contributed by atoms with Gasteiger partial charge in [-0.3, -0.25) is 9.78 Å². The van der Waals surface area contributed by atoms with Crippen molar-refractivity contribution in [3.63, 3.8) is 0 Å². The number of hydrogen-bond acceptors (Lipinski definition) is 6. The highest BCUT2D eigenvalue weighted by Gasteiger charge is 2.28. The molecule has 3 rings (SSSR count). The predicted octanol–water partition coefficient (Wildman–Crippen LogP) is 0.690. The Morgan fingerprint density at radius 2 is 1.96 bits per heavy atom. The number of aryl methyl sites for hydroxylation is 2. The SMILES string of the molecule is Cc1cnc(C)c(N2CCN(C(=O)CC3C=CS(=O)(=O)C3)CC2)n1. The topological polar surface area (TPSA) is 83.5 Å². The molecule has 2 aliphatic heterocycles. The van der Waals surface area contributed by atoms with Gasteiger partial charge in [-0.2, -0.15) is 0 Å².